The van der Waals surface area contributed by atoms with Gasteiger partial charge in [0, 0.05) is 6.04 Å². The van der Waals surface area contributed by atoms with Gasteiger partial charge < -0.3 is 10.4 Å². The van der Waals surface area contributed by atoms with Crippen molar-refractivity contribution in [3.63, 3.8) is 0 Å². The van der Waals surface area contributed by atoms with Crippen LogP contribution in [0.5, 0.6) is 0 Å². The minimum Gasteiger partial charge on any atom is -0.393 e. The Morgan fingerprint density at radius 3 is 2.08 bits per heavy atom. The summed E-state index contributed by atoms with van der Waals surface area (Å²) in [5.74, 6) is 0.793. The highest BCUT2D eigenvalue weighted by molar-refractivity contribution is 4.62. The molecule has 13 heavy (non-hydrogen) atoms. The van der Waals surface area contributed by atoms with Crippen LogP contribution in [0, 0.1) is 5.92 Å². The molecule has 2 atom stereocenters. The molecule has 80 valence electrons. The fourth-order valence-corrected chi connectivity index (χ4v) is 1.22. The van der Waals surface area contributed by atoms with E-state index in [1.807, 2.05) is 6.92 Å². The van der Waals surface area contributed by atoms with E-state index in [0.717, 1.165) is 18.9 Å². The topological polar surface area (TPSA) is 32.3 Å². The normalized spacial score (nSPS) is 16.2. The molecule has 0 aromatic carbocycles. The third-order valence-corrected chi connectivity index (χ3v) is 2.23. The average molecular weight is 187 g/mol. The van der Waals surface area contributed by atoms with Gasteiger partial charge in [0.1, 0.15) is 0 Å². The van der Waals surface area contributed by atoms with Gasteiger partial charge in [-0.1, -0.05) is 13.8 Å². The summed E-state index contributed by atoms with van der Waals surface area (Å²) in [4.78, 5) is 0. The van der Waals surface area contributed by atoms with Crippen molar-refractivity contribution in [3.05, 3.63) is 0 Å². The summed E-state index contributed by atoms with van der Waals surface area (Å²) in [6.45, 7) is 9.48. The highest BCUT2D eigenvalue weighted by Gasteiger charge is 2.03. The molecule has 0 saturated heterocycles. The van der Waals surface area contributed by atoms with Crippen LogP contribution in [0.2, 0.25) is 0 Å². The molecule has 2 nitrogen and oxygen atoms in total. The number of aliphatic hydroxyl groups excluding tert-OH is 1. The van der Waals surface area contributed by atoms with Crippen molar-refractivity contribution in [2.45, 2.75) is 59.1 Å². The number of nitrogens with one attached hydrogen (secondary N) is 1. The first kappa shape index (κ1) is 12.9. The number of hydrogen-bond acceptors (Lipinski definition) is 2. The van der Waals surface area contributed by atoms with Crippen molar-refractivity contribution in [2.24, 2.45) is 5.92 Å². The van der Waals surface area contributed by atoms with Crippen LogP contribution in [-0.2, 0) is 0 Å². The lowest BCUT2D eigenvalue weighted by atomic mass is 10.0. The summed E-state index contributed by atoms with van der Waals surface area (Å²) in [6.07, 6.45) is 3.19. The van der Waals surface area contributed by atoms with Crippen LogP contribution in [-0.4, -0.2) is 23.8 Å². The zero-order valence-electron chi connectivity index (χ0n) is 9.51. The molecule has 0 amide bonds. The van der Waals surface area contributed by atoms with Crippen molar-refractivity contribution < 1.29 is 5.11 Å². The Balaban J connectivity index is 3.25. The standard InChI is InChI=1S/C11H25NO/c1-9(2)5-6-10(3)12-8-7-11(4)13/h9-13H,5-8H2,1-4H3/t10-,11-/m0/s1. The van der Waals surface area contributed by atoms with Crippen LogP contribution in [0.15, 0.2) is 0 Å². The lowest BCUT2D eigenvalue weighted by Gasteiger charge is -2.15. The van der Waals surface area contributed by atoms with Gasteiger partial charge in [0.2, 0.25) is 0 Å². The second-order valence-corrected chi connectivity index (χ2v) is 4.46. The molecule has 2 heteroatoms. The molecule has 0 fully saturated rings. The monoisotopic (exact) mass is 187 g/mol. The van der Waals surface area contributed by atoms with Gasteiger partial charge >= 0.3 is 0 Å². The van der Waals surface area contributed by atoms with Crippen molar-refractivity contribution in [2.75, 3.05) is 6.54 Å². The molecule has 0 aliphatic rings. The highest BCUT2D eigenvalue weighted by atomic mass is 16.3. The third-order valence-electron chi connectivity index (χ3n) is 2.23. The Labute approximate surface area is 82.7 Å². The van der Waals surface area contributed by atoms with E-state index in [0.29, 0.717) is 6.04 Å². The summed E-state index contributed by atoms with van der Waals surface area (Å²) in [5.41, 5.74) is 0. The van der Waals surface area contributed by atoms with Crippen LogP contribution in [0.1, 0.15) is 47.0 Å². The maximum Gasteiger partial charge on any atom is 0.0524 e. The molecule has 0 saturated carbocycles. The number of rotatable bonds is 7. The Kier molecular flexibility index (Phi) is 7.29. The average Bonchev–Trinajstić information content (AvgIpc) is 2.00. The Bertz CT molecular complexity index is 113. The lowest BCUT2D eigenvalue weighted by molar-refractivity contribution is 0.182. The maximum atomic E-state index is 9.04. The second kappa shape index (κ2) is 7.34. The Morgan fingerprint density at radius 1 is 1.00 bits per heavy atom. The summed E-state index contributed by atoms with van der Waals surface area (Å²) in [5, 5.41) is 12.5. The quantitative estimate of drug-likeness (QED) is 0.640. The van der Waals surface area contributed by atoms with Gasteiger partial charge in [0.25, 0.3) is 0 Å². The molecule has 0 rings (SSSR count). The van der Waals surface area contributed by atoms with Gasteiger partial charge in [0.05, 0.1) is 6.10 Å². The van der Waals surface area contributed by atoms with Crippen molar-refractivity contribution >= 4 is 0 Å². The fourth-order valence-electron chi connectivity index (χ4n) is 1.22. The van der Waals surface area contributed by atoms with Crippen LogP contribution < -0.4 is 5.32 Å². The highest BCUT2D eigenvalue weighted by Crippen LogP contribution is 2.06. The zero-order chi connectivity index (χ0) is 10.3. The smallest absolute Gasteiger partial charge is 0.0524 e. The minimum atomic E-state index is -0.176. The van der Waals surface area contributed by atoms with Crippen LogP contribution in [0.25, 0.3) is 0 Å². The lowest BCUT2D eigenvalue weighted by Crippen LogP contribution is -2.28. The van der Waals surface area contributed by atoms with Gasteiger partial charge in [-0.05, 0) is 45.6 Å². The van der Waals surface area contributed by atoms with Crippen molar-refractivity contribution in [3.8, 4) is 0 Å². The van der Waals surface area contributed by atoms with E-state index in [4.69, 9.17) is 5.11 Å². The van der Waals surface area contributed by atoms with E-state index in [1.165, 1.54) is 12.8 Å². The molecule has 2 N–H and O–H groups in total. The van der Waals surface area contributed by atoms with Crippen LogP contribution >= 0.6 is 0 Å². The molecule has 0 spiro atoms. The van der Waals surface area contributed by atoms with Crippen LogP contribution in [0.3, 0.4) is 0 Å². The van der Waals surface area contributed by atoms with E-state index < -0.39 is 0 Å². The molecule has 0 aliphatic heterocycles. The molecule has 0 aliphatic carbocycles. The SMILES string of the molecule is CC(C)CC[C@H](C)NCC[C@H](C)O. The van der Waals surface area contributed by atoms with Gasteiger partial charge in [-0.15, -0.1) is 0 Å². The van der Waals surface area contributed by atoms with E-state index in [2.05, 4.69) is 26.1 Å². The first-order valence-corrected chi connectivity index (χ1v) is 5.43. The van der Waals surface area contributed by atoms with Crippen molar-refractivity contribution in [1.82, 2.24) is 5.32 Å². The first-order chi connectivity index (χ1) is 6.02. The Hall–Kier alpha value is -0.0800. The maximum absolute atomic E-state index is 9.04. The summed E-state index contributed by atoms with van der Waals surface area (Å²) in [6, 6.07) is 0.584. The van der Waals surface area contributed by atoms with Crippen LogP contribution in [0.4, 0.5) is 0 Å². The van der Waals surface area contributed by atoms with Gasteiger partial charge in [-0.3, -0.25) is 0 Å². The molecular weight excluding hydrogens is 162 g/mol. The second-order valence-electron chi connectivity index (χ2n) is 4.46. The molecule has 0 aromatic heterocycles. The molecule has 0 bridgehead atoms. The predicted molar refractivity (Wildman–Crippen MR) is 57.8 cm³/mol. The predicted octanol–water partition coefficient (Wildman–Crippen LogP) is 2.17. The zero-order valence-corrected chi connectivity index (χ0v) is 9.51. The molecular formula is C11H25NO. The molecule has 0 heterocycles. The van der Waals surface area contributed by atoms with E-state index in [9.17, 15) is 0 Å². The Morgan fingerprint density at radius 2 is 1.62 bits per heavy atom. The largest absolute Gasteiger partial charge is 0.393 e. The molecule has 0 unspecified atom stereocenters. The van der Waals surface area contributed by atoms with E-state index >= 15 is 0 Å². The summed E-state index contributed by atoms with van der Waals surface area (Å²) in [7, 11) is 0. The van der Waals surface area contributed by atoms with E-state index in [1.54, 1.807) is 0 Å². The minimum absolute atomic E-state index is 0.176. The molecule has 0 radical (unpaired) electrons. The van der Waals surface area contributed by atoms with Gasteiger partial charge in [0.15, 0.2) is 0 Å². The fraction of sp³-hybridized carbons (Fsp3) is 1.00. The molecule has 0 aromatic rings. The number of aliphatic hydroxyl groups is 1. The third kappa shape index (κ3) is 9.84. The van der Waals surface area contributed by atoms with E-state index in [-0.39, 0.29) is 6.10 Å². The first-order valence-electron chi connectivity index (χ1n) is 5.43. The summed E-state index contributed by atoms with van der Waals surface area (Å²) >= 11 is 0. The van der Waals surface area contributed by atoms with Gasteiger partial charge in [-0.2, -0.15) is 0 Å². The van der Waals surface area contributed by atoms with Crippen molar-refractivity contribution in [1.29, 1.82) is 0 Å². The van der Waals surface area contributed by atoms with Gasteiger partial charge in [-0.25, -0.2) is 0 Å². The number of hydrogen-bond donors (Lipinski definition) is 2. The summed E-state index contributed by atoms with van der Waals surface area (Å²) < 4.78 is 0.